The molecule has 40 valence electrons. The smallest absolute Gasteiger partial charge is 0.322 e. The lowest BCUT2D eigenvalue weighted by atomic mass is 10.3. The van der Waals surface area contributed by atoms with E-state index in [-0.39, 0.29) is 5.95 Å². The number of aliphatic hydroxyl groups excluding tert-OH is 1. The quantitative estimate of drug-likeness (QED) is 0.571. The minimum absolute atomic E-state index is 0.141. The maximum absolute atomic E-state index is 8.41. The van der Waals surface area contributed by atoms with Crippen molar-refractivity contribution in [1.82, 2.24) is 0 Å². The van der Waals surface area contributed by atoms with Gasteiger partial charge < -0.3 is 9.84 Å². The zero-order valence-corrected chi connectivity index (χ0v) is 4.27. The highest BCUT2D eigenvalue weighted by Gasteiger charge is 2.21. The molecule has 1 N–H and O–H groups in total. The largest absolute Gasteiger partial charge is 0.478 e. The van der Waals surface area contributed by atoms with E-state index in [0.29, 0.717) is 0 Å². The van der Waals surface area contributed by atoms with E-state index in [4.69, 9.17) is 5.11 Å². The van der Waals surface area contributed by atoms with Crippen molar-refractivity contribution in [2.45, 2.75) is 19.8 Å². The average molecular weight is 100 g/mol. The van der Waals surface area contributed by atoms with Gasteiger partial charge in [0.2, 0.25) is 0 Å². The van der Waals surface area contributed by atoms with Crippen molar-refractivity contribution < 1.29 is 9.84 Å². The molecule has 0 aromatic rings. The fraction of sp³-hybridized carbons (Fsp3) is 0.600. The van der Waals surface area contributed by atoms with Crippen molar-refractivity contribution in [1.29, 1.82) is 0 Å². The molecule has 0 unspecified atom stereocenters. The highest BCUT2D eigenvalue weighted by atomic mass is 16.7. The fourth-order valence-corrected chi connectivity index (χ4v) is 0.476. The van der Waals surface area contributed by atoms with Crippen LogP contribution < -0.4 is 0 Å². The predicted molar refractivity (Wildman–Crippen MR) is 25.6 cm³/mol. The van der Waals surface area contributed by atoms with E-state index in [1.807, 2.05) is 6.92 Å². The first kappa shape index (κ1) is 4.50. The van der Waals surface area contributed by atoms with Gasteiger partial charge in [-0.15, -0.1) is 0 Å². The normalized spacial score (nSPS) is 16.7. The van der Waals surface area contributed by atoms with Crippen LogP contribution in [0.4, 0.5) is 0 Å². The Kier molecular flexibility index (Phi) is 0.929. The molecule has 0 atom stereocenters. The molecule has 0 amide bonds. The van der Waals surface area contributed by atoms with Crippen LogP contribution >= 0.6 is 0 Å². The summed E-state index contributed by atoms with van der Waals surface area (Å²) in [5.74, 6) is 0.907. The SMILES string of the molecule is CCCC1=C(O)O1. The summed E-state index contributed by atoms with van der Waals surface area (Å²) >= 11 is 0. The summed E-state index contributed by atoms with van der Waals surface area (Å²) in [6, 6.07) is 0. The van der Waals surface area contributed by atoms with Crippen LogP contribution in [0.25, 0.3) is 0 Å². The molecule has 1 rings (SSSR count). The molecule has 0 aliphatic carbocycles. The van der Waals surface area contributed by atoms with Crippen molar-refractivity contribution in [3.8, 4) is 0 Å². The summed E-state index contributed by atoms with van der Waals surface area (Å²) in [6.45, 7) is 2.04. The van der Waals surface area contributed by atoms with Crippen LogP contribution in [0.15, 0.2) is 11.7 Å². The molecule has 1 aliphatic rings. The van der Waals surface area contributed by atoms with Crippen molar-refractivity contribution >= 4 is 0 Å². The lowest BCUT2D eigenvalue weighted by molar-refractivity contribution is 0.273. The van der Waals surface area contributed by atoms with E-state index >= 15 is 0 Å². The van der Waals surface area contributed by atoms with E-state index < -0.39 is 0 Å². The molecule has 0 aromatic heterocycles. The molecule has 0 aromatic carbocycles. The molecule has 1 aliphatic heterocycles. The standard InChI is InChI=1S/C5H8O2/c1-2-3-4-5(6)7-4/h6H,2-3H2,1H3. The molecule has 7 heavy (non-hydrogen) atoms. The molecule has 2 nitrogen and oxygen atoms in total. The minimum atomic E-state index is 0.141. The molecule has 0 bridgehead atoms. The van der Waals surface area contributed by atoms with Gasteiger partial charge in [0.25, 0.3) is 0 Å². The number of aliphatic hydroxyl groups is 1. The fourth-order valence-electron chi connectivity index (χ4n) is 0.476. The second-order valence-corrected chi connectivity index (χ2v) is 1.58. The van der Waals surface area contributed by atoms with Gasteiger partial charge in [-0.25, -0.2) is 0 Å². The van der Waals surface area contributed by atoms with Gasteiger partial charge in [0.05, 0.1) is 0 Å². The van der Waals surface area contributed by atoms with Gasteiger partial charge in [0, 0.05) is 6.42 Å². The maximum atomic E-state index is 8.41. The lowest BCUT2D eigenvalue weighted by Gasteiger charge is -1.75. The Labute approximate surface area is 42.4 Å². The summed E-state index contributed by atoms with van der Waals surface area (Å²) in [5, 5.41) is 8.41. The Hall–Kier alpha value is -0.660. The lowest BCUT2D eigenvalue weighted by Crippen LogP contribution is -1.61. The third-order valence-corrected chi connectivity index (χ3v) is 0.894. The summed E-state index contributed by atoms with van der Waals surface area (Å²) in [5.41, 5.74) is 0. The van der Waals surface area contributed by atoms with Crippen LogP contribution in [0.2, 0.25) is 0 Å². The first-order valence-corrected chi connectivity index (χ1v) is 2.44. The minimum Gasteiger partial charge on any atom is -0.478 e. The third kappa shape index (κ3) is 0.856. The van der Waals surface area contributed by atoms with Crippen LogP contribution in [-0.4, -0.2) is 5.11 Å². The van der Waals surface area contributed by atoms with E-state index in [0.717, 1.165) is 18.6 Å². The number of allylic oxidation sites excluding steroid dienone is 1. The molecule has 2 heteroatoms. The Bertz CT molecular complexity index is 105. The van der Waals surface area contributed by atoms with Crippen LogP contribution in [-0.2, 0) is 4.74 Å². The van der Waals surface area contributed by atoms with Gasteiger partial charge in [-0.2, -0.15) is 0 Å². The molecule has 0 saturated carbocycles. The van der Waals surface area contributed by atoms with E-state index in [1.54, 1.807) is 0 Å². The molecule has 0 fully saturated rings. The second kappa shape index (κ2) is 1.45. The predicted octanol–water partition coefficient (Wildman–Crippen LogP) is 1.54. The van der Waals surface area contributed by atoms with Crippen LogP contribution in [0, 0.1) is 0 Å². The Morgan fingerprint density at radius 2 is 2.29 bits per heavy atom. The second-order valence-electron chi connectivity index (χ2n) is 1.58. The number of hydrogen-bond donors (Lipinski definition) is 1. The van der Waals surface area contributed by atoms with Crippen LogP contribution in [0.3, 0.4) is 0 Å². The molecular weight excluding hydrogens is 92.1 g/mol. The average Bonchev–Trinajstić information content (AvgIpc) is 2.22. The van der Waals surface area contributed by atoms with Gasteiger partial charge in [-0.1, -0.05) is 6.92 Å². The molecule has 1 heterocycles. The summed E-state index contributed by atoms with van der Waals surface area (Å²) in [6.07, 6.45) is 1.92. The topological polar surface area (TPSA) is 32.8 Å². The molecule has 0 saturated heterocycles. The van der Waals surface area contributed by atoms with Crippen molar-refractivity contribution in [2.24, 2.45) is 0 Å². The van der Waals surface area contributed by atoms with Gasteiger partial charge in [-0.3, -0.25) is 0 Å². The summed E-state index contributed by atoms with van der Waals surface area (Å²) in [4.78, 5) is 0. The van der Waals surface area contributed by atoms with Crippen LogP contribution in [0.5, 0.6) is 0 Å². The monoisotopic (exact) mass is 100 g/mol. The number of rotatable bonds is 2. The summed E-state index contributed by atoms with van der Waals surface area (Å²) in [7, 11) is 0. The number of hydrogen-bond acceptors (Lipinski definition) is 2. The summed E-state index contributed by atoms with van der Waals surface area (Å²) < 4.78 is 4.55. The Morgan fingerprint density at radius 3 is 2.43 bits per heavy atom. The van der Waals surface area contributed by atoms with Crippen molar-refractivity contribution in [3.63, 3.8) is 0 Å². The highest BCUT2D eigenvalue weighted by molar-refractivity contribution is 5.08. The van der Waals surface area contributed by atoms with Gasteiger partial charge >= 0.3 is 5.95 Å². The first-order chi connectivity index (χ1) is 3.34. The third-order valence-electron chi connectivity index (χ3n) is 0.894. The zero-order chi connectivity index (χ0) is 5.28. The number of ether oxygens (including phenoxy) is 1. The van der Waals surface area contributed by atoms with Gasteiger partial charge in [0.15, 0.2) is 5.76 Å². The van der Waals surface area contributed by atoms with Crippen LogP contribution in [0.1, 0.15) is 19.8 Å². The Balaban J connectivity index is 2.19. The zero-order valence-electron chi connectivity index (χ0n) is 4.27. The van der Waals surface area contributed by atoms with Crippen molar-refractivity contribution in [2.75, 3.05) is 0 Å². The van der Waals surface area contributed by atoms with Gasteiger partial charge in [0.1, 0.15) is 0 Å². The maximum Gasteiger partial charge on any atom is 0.322 e. The van der Waals surface area contributed by atoms with E-state index in [2.05, 4.69) is 4.74 Å². The highest BCUT2D eigenvalue weighted by Crippen LogP contribution is 2.26. The molecular formula is C5H8O2. The van der Waals surface area contributed by atoms with Gasteiger partial charge in [-0.05, 0) is 6.42 Å². The molecule has 0 spiro atoms. The van der Waals surface area contributed by atoms with E-state index in [1.165, 1.54) is 0 Å². The van der Waals surface area contributed by atoms with E-state index in [9.17, 15) is 0 Å². The first-order valence-electron chi connectivity index (χ1n) is 2.44. The Morgan fingerprint density at radius 1 is 1.71 bits per heavy atom. The molecule has 0 radical (unpaired) electrons. The van der Waals surface area contributed by atoms with Crippen molar-refractivity contribution in [3.05, 3.63) is 11.7 Å².